The van der Waals surface area contributed by atoms with Crippen molar-refractivity contribution in [2.24, 2.45) is 5.10 Å². The first-order valence-electron chi connectivity index (χ1n) is 6.14. The van der Waals surface area contributed by atoms with Crippen LogP contribution in [0.3, 0.4) is 0 Å². The third-order valence-corrected chi connectivity index (χ3v) is 3.59. The molecule has 118 valence electrons. The lowest BCUT2D eigenvalue weighted by atomic mass is 10.2. The van der Waals surface area contributed by atoms with Crippen LogP contribution in [0.15, 0.2) is 46.0 Å². The minimum atomic E-state index is -0.704. The van der Waals surface area contributed by atoms with E-state index in [4.69, 9.17) is 11.6 Å². The van der Waals surface area contributed by atoms with Gasteiger partial charge in [0.2, 0.25) is 0 Å². The maximum absolute atomic E-state index is 12.0. The third kappa shape index (κ3) is 4.27. The maximum atomic E-state index is 12.0. The minimum Gasteiger partial charge on any atom is -0.507 e. The van der Waals surface area contributed by atoms with Crippen LogP contribution < -0.4 is 5.43 Å². The summed E-state index contributed by atoms with van der Waals surface area (Å²) in [6.07, 6.45) is 1.24. The summed E-state index contributed by atoms with van der Waals surface area (Å²) in [5, 5.41) is 24.1. The molecule has 0 aliphatic rings. The van der Waals surface area contributed by atoms with Gasteiger partial charge in [-0.1, -0.05) is 27.5 Å². The summed E-state index contributed by atoms with van der Waals surface area (Å²) in [6.45, 7) is 0. The van der Waals surface area contributed by atoms with E-state index < -0.39 is 10.8 Å². The summed E-state index contributed by atoms with van der Waals surface area (Å²) in [5.74, 6) is -0.719. The lowest BCUT2D eigenvalue weighted by molar-refractivity contribution is -0.384. The Balaban J connectivity index is 2.16. The fourth-order valence-corrected chi connectivity index (χ4v) is 2.23. The number of hydrogen-bond acceptors (Lipinski definition) is 5. The molecule has 0 saturated carbocycles. The number of nitro groups is 1. The van der Waals surface area contributed by atoms with E-state index in [1.807, 2.05) is 0 Å². The van der Waals surface area contributed by atoms with E-state index in [9.17, 15) is 20.0 Å². The summed E-state index contributed by atoms with van der Waals surface area (Å²) >= 11 is 9.10. The van der Waals surface area contributed by atoms with Crippen LogP contribution in [-0.2, 0) is 0 Å². The van der Waals surface area contributed by atoms with Crippen molar-refractivity contribution in [1.29, 1.82) is 0 Å². The molecule has 0 aliphatic heterocycles. The second-order valence-electron chi connectivity index (χ2n) is 4.32. The zero-order chi connectivity index (χ0) is 17.0. The number of carbonyl (C=O) groups excluding carboxylic acids is 1. The van der Waals surface area contributed by atoms with Gasteiger partial charge in [0.25, 0.3) is 11.6 Å². The topological polar surface area (TPSA) is 105 Å². The molecule has 0 spiro atoms. The van der Waals surface area contributed by atoms with E-state index >= 15 is 0 Å². The number of phenolic OH excluding ortho intramolecular Hbond substituents is 1. The maximum Gasteiger partial charge on any atom is 0.273 e. The monoisotopic (exact) mass is 397 g/mol. The Hall–Kier alpha value is -2.45. The number of phenols is 1. The molecular weight excluding hydrogens is 390 g/mol. The molecule has 0 bridgehead atoms. The quantitative estimate of drug-likeness (QED) is 0.467. The number of nitrogens with one attached hydrogen (secondary N) is 1. The van der Waals surface area contributed by atoms with Crippen molar-refractivity contribution in [2.45, 2.75) is 0 Å². The first-order valence-corrected chi connectivity index (χ1v) is 7.31. The van der Waals surface area contributed by atoms with Gasteiger partial charge < -0.3 is 5.11 Å². The van der Waals surface area contributed by atoms with Crippen molar-refractivity contribution in [2.75, 3.05) is 0 Å². The summed E-state index contributed by atoms with van der Waals surface area (Å²) in [7, 11) is 0. The van der Waals surface area contributed by atoms with Crippen molar-refractivity contribution in [3.8, 4) is 5.75 Å². The van der Waals surface area contributed by atoms with Gasteiger partial charge in [0.05, 0.1) is 21.7 Å². The van der Waals surface area contributed by atoms with Crippen molar-refractivity contribution in [3.05, 3.63) is 67.1 Å². The smallest absolute Gasteiger partial charge is 0.273 e. The van der Waals surface area contributed by atoms with Gasteiger partial charge in [-0.25, -0.2) is 5.43 Å². The molecule has 0 saturated heterocycles. The highest BCUT2D eigenvalue weighted by molar-refractivity contribution is 9.10. The Morgan fingerprint density at radius 1 is 1.35 bits per heavy atom. The molecule has 0 radical (unpaired) electrons. The summed E-state index contributed by atoms with van der Waals surface area (Å²) < 4.78 is 0.727. The number of rotatable bonds is 4. The second-order valence-corrected chi connectivity index (χ2v) is 5.65. The molecule has 0 aromatic heterocycles. The predicted molar refractivity (Wildman–Crippen MR) is 89.0 cm³/mol. The summed E-state index contributed by atoms with van der Waals surface area (Å²) in [6, 6.07) is 8.23. The highest BCUT2D eigenvalue weighted by Crippen LogP contribution is 2.22. The highest BCUT2D eigenvalue weighted by atomic mass is 79.9. The number of hydrogen-bond donors (Lipinski definition) is 2. The van der Waals surface area contributed by atoms with Gasteiger partial charge in [-0.05, 0) is 24.3 Å². The van der Waals surface area contributed by atoms with Crippen LogP contribution in [0.25, 0.3) is 0 Å². The van der Waals surface area contributed by atoms with Crippen LogP contribution in [-0.4, -0.2) is 22.2 Å². The number of aromatic hydroxyl groups is 1. The Morgan fingerprint density at radius 3 is 2.78 bits per heavy atom. The molecular formula is C14H9BrClN3O4. The number of halogens is 2. The van der Waals surface area contributed by atoms with Crippen LogP contribution in [0.2, 0.25) is 5.02 Å². The Bertz CT molecular complexity index is 811. The SMILES string of the molecule is O=C(N/N=C\c1cc(Br)ccc1O)c1cc([N+](=O)[O-])ccc1Cl. The standard InChI is InChI=1S/C14H9BrClN3O4/c15-9-1-4-13(20)8(5-9)7-17-18-14(21)11-6-10(19(22)23)2-3-12(11)16/h1-7,20H,(H,18,21)/b17-7-. The van der Waals surface area contributed by atoms with E-state index in [0.29, 0.717) is 5.56 Å². The first kappa shape index (κ1) is 16.9. The highest BCUT2D eigenvalue weighted by Gasteiger charge is 2.15. The molecule has 1 amide bonds. The molecule has 0 heterocycles. The number of nitro benzene ring substituents is 1. The van der Waals surface area contributed by atoms with Crippen LogP contribution >= 0.6 is 27.5 Å². The second kappa shape index (κ2) is 7.21. The van der Waals surface area contributed by atoms with Gasteiger partial charge in [0.1, 0.15) is 5.75 Å². The van der Waals surface area contributed by atoms with Crippen molar-refractivity contribution < 1.29 is 14.8 Å². The number of non-ortho nitro benzene ring substituents is 1. The van der Waals surface area contributed by atoms with Crippen LogP contribution in [0, 0.1) is 10.1 Å². The van der Waals surface area contributed by atoms with Crippen molar-refractivity contribution >= 4 is 45.3 Å². The molecule has 7 nitrogen and oxygen atoms in total. The van der Waals surface area contributed by atoms with Gasteiger partial charge in [-0.15, -0.1) is 0 Å². The zero-order valence-electron chi connectivity index (χ0n) is 11.4. The van der Waals surface area contributed by atoms with Crippen LogP contribution in [0.1, 0.15) is 15.9 Å². The molecule has 0 aliphatic carbocycles. The van der Waals surface area contributed by atoms with E-state index in [1.165, 1.54) is 24.4 Å². The van der Waals surface area contributed by atoms with Gasteiger partial charge in [-0.3, -0.25) is 14.9 Å². The third-order valence-electron chi connectivity index (χ3n) is 2.76. The van der Waals surface area contributed by atoms with Crippen LogP contribution in [0.4, 0.5) is 5.69 Å². The van der Waals surface area contributed by atoms with E-state index in [0.717, 1.165) is 10.5 Å². The Kier molecular flexibility index (Phi) is 5.30. The average molecular weight is 399 g/mol. The summed E-state index contributed by atoms with van der Waals surface area (Å²) in [4.78, 5) is 22.1. The van der Waals surface area contributed by atoms with Crippen molar-refractivity contribution in [1.82, 2.24) is 5.43 Å². The number of nitrogens with zero attached hydrogens (tertiary/aromatic N) is 2. The predicted octanol–water partition coefficient (Wildman–Crippen LogP) is 3.48. The van der Waals surface area contributed by atoms with Crippen LogP contribution in [0.5, 0.6) is 5.75 Å². The lowest BCUT2D eigenvalue weighted by Crippen LogP contribution is -2.18. The van der Waals surface area contributed by atoms with E-state index in [1.54, 1.807) is 12.1 Å². The normalized spacial score (nSPS) is 10.7. The Labute approximate surface area is 143 Å². The zero-order valence-corrected chi connectivity index (χ0v) is 13.7. The number of carbonyl (C=O) groups is 1. The number of benzene rings is 2. The molecule has 2 N–H and O–H groups in total. The molecule has 2 rings (SSSR count). The first-order chi connectivity index (χ1) is 10.9. The van der Waals surface area contributed by atoms with Gasteiger partial charge in [0, 0.05) is 22.2 Å². The molecule has 2 aromatic carbocycles. The molecule has 9 heteroatoms. The Morgan fingerprint density at radius 2 is 2.09 bits per heavy atom. The minimum absolute atomic E-state index is 0.0143. The largest absolute Gasteiger partial charge is 0.507 e. The summed E-state index contributed by atoms with van der Waals surface area (Å²) in [5.41, 5.74) is 2.25. The van der Waals surface area contributed by atoms with E-state index in [2.05, 4.69) is 26.5 Å². The fraction of sp³-hybridized carbons (Fsp3) is 0. The number of amides is 1. The van der Waals surface area contributed by atoms with Crippen molar-refractivity contribution in [3.63, 3.8) is 0 Å². The average Bonchev–Trinajstić information content (AvgIpc) is 2.50. The molecule has 2 aromatic rings. The van der Waals surface area contributed by atoms with Gasteiger partial charge >= 0.3 is 0 Å². The lowest BCUT2D eigenvalue weighted by Gasteiger charge is -2.03. The fourth-order valence-electron chi connectivity index (χ4n) is 1.65. The van der Waals surface area contributed by atoms with Gasteiger partial charge in [0.15, 0.2) is 0 Å². The molecule has 0 atom stereocenters. The van der Waals surface area contributed by atoms with Gasteiger partial charge in [-0.2, -0.15) is 5.10 Å². The van der Waals surface area contributed by atoms with E-state index in [-0.39, 0.29) is 22.0 Å². The molecule has 23 heavy (non-hydrogen) atoms. The molecule has 0 unspecified atom stereocenters. The molecule has 0 fully saturated rings. The number of hydrazone groups is 1.